The van der Waals surface area contributed by atoms with Crippen molar-refractivity contribution in [3.8, 4) is 0 Å². The molecule has 0 aliphatic carbocycles. The molecule has 0 radical (unpaired) electrons. The lowest BCUT2D eigenvalue weighted by Gasteiger charge is -2.03. The molecule has 0 bridgehead atoms. The molecule has 10 heavy (non-hydrogen) atoms. The number of carbonyl (C=O) groups excluding carboxylic acids is 2. The zero-order valence-electron chi connectivity index (χ0n) is 6.29. The molecule has 0 amide bonds. The highest BCUT2D eigenvalue weighted by atomic mass is 16.5. The molecule has 3 heteroatoms. The maximum atomic E-state index is 10.7. The Kier molecular flexibility index (Phi) is 4.54. The predicted molar refractivity (Wildman–Crippen MR) is 36.5 cm³/mol. The zero-order chi connectivity index (χ0) is 7.98. The van der Waals surface area contributed by atoms with Gasteiger partial charge in [0.1, 0.15) is 6.29 Å². The van der Waals surface area contributed by atoms with Crippen molar-refractivity contribution in [2.45, 2.75) is 20.3 Å². The maximum Gasteiger partial charge on any atom is 0.308 e. The van der Waals surface area contributed by atoms with Gasteiger partial charge in [0, 0.05) is 6.42 Å². The van der Waals surface area contributed by atoms with Gasteiger partial charge in [-0.15, -0.1) is 0 Å². The summed E-state index contributed by atoms with van der Waals surface area (Å²) in [6.07, 6.45) is 1.02. The SMILES string of the molecule is CC(C)C(=O)OCCC=O. The monoisotopic (exact) mass is 144 g/mol. The Morgan fingerprint density at radius 2 is 2.20 bits per heavy atom. The average molecular weight is 144 g/mol. The summed E-state index contributed by atoms with van der Waals surface area (Å²) in [5, 5.41) is 0. The first-order valence-electron chi connectivity index (χ1n) is 3.28. The Morgan fingerprint density at radius 1 is 1.60 bits per heavy atom. The molecule has 0 aromatic rings. The number of rotatable bonds is 4. The lowest BCUT2D eigenvalue weighted by atomic mass is 10.2. The van der Waals surface area contributed by atoms with Gasteiger partial charge < -0.3 is 9.53 Å². The normalized spacial score (nSPS) is 9.50. The van der Waals surface area contributed by atoms with E-state index in [9.17, 15) is 9.59 Å². The van der Waals surface area contributed by atoms with Crippen LogP contribution in [0.25, 0.3) is 0 Å². The number of aldehydes is 1. The third kappa shape index (κ3) is 4.06. The number of hydrogen-bond donors (Lipinski definition) is 0. The van der Waals surface area contributed by atoms with E-state index in [1.54, 1.807) is 13.8 Å². The molecule has 0 aromatic heterocycles. The van der Waals surface area contributed by atoms with Gasteiger partial charge in [-0.2, -0.15) is 0 Å². The van der Waals surface area contributed by atoms with E-state index >= 15 is 0 Å². The van der Waals surface area contributed by atoms with Gasteiger partial charge in [-0.25, -0.2) is 0 Å². The third-order valence-corrected chi connectivity index (χ3v) is 0.951. The van der Waals surface area contributed by atoms with Crippen LogP contribution in [0.15, 0.2) is 0 Å². The molecule has 0 heterocycles. The van der Waals surface area contributed by atoms with Gasteiger partial charge >= 0.3 is 5.97 Å². The van der Waals surface area contributed by atoms with E-state index in [1.807, 2.05) is 0 Å². The highest BCUT2D eigenvalue weighted by Crippen LogP contribution is 1.95. The van der Waals surface area contributed by atoms with Crippen molar-refractivity contribution >= 4 is 12.3 Å². The van der Waals surface area contributed by atoms with Crippen LogP contribution >= 0.6 is 0 Å². The molecule has 58 valence electrons. The van der Waals surface area contributed by atoms with Crippen LogP contribution in [0.1, 0.15) is 20.3 Å². The minimum atomic E-state index is -0.248. The Labute approximate surface area is 60.4 Å². The lowest BCUT2D eigenvalue weighted by Crippen LogP contribution is -2.12. The summed E-state index contributed by atoms with van der Waals surface area (Å²) in [7, 11) is 0. The van der Waals surface area contributed by atoms with Crippen molar-refractivity contribution in [3.63, 3.8) is 0 Å². The maximum absolute atomic E-state index is 10.7. The molecule has 0 saturated carbocycles. The molecule has 0 aliphatic rings. The van der Waals surface area contributed by atoms with E-state index in [-0.39, 0.29) is 18.5 Å². The van der Waals surface area contributed by atoms with Crippen LogP contribution in [0.2, 0.25) is 0 Å². The minimum absolute atomic E-state index is 0.105. The molecule has 0 N–H and O–H groups in total. The van der Waals surface area contributed by atoms with E-state index in [0.29, 0.717) is 6.42 Å². The van der Waals surface area contributed by atoms with Crippen LogP contribution < -0.4 is 0 Å². The first kappa shape index (κ1) is 9.14. The number of carbonyl (C=O) groups is 2. The molecule has 0 rings (SSSR count). The largest absolute Gasteiger partial charge is 0.465 e. The Morgan fingerprint density at radius 3 is 2.60 bits per heavy atom. The summed E-state index contributed by atoms with van der Waals surface area (Å²) >= 11 is 0. The van der Waals surface area contributed by atoms with Gasteiger partial charge in [0.25, 0.3) is 0 Å². The summed E-state index contributed by atoms with van der Waals surface area (Å²) in [6.45, 7) is 3.72. The second-order valence-electron chi connectivity index (χ2n) is 2.28. The predicted octanol–water partition coefficient (Wildman–Crippen LogP) is 0.775. The van der Waals surface area contributed by atoms with Crippen LogP contribution in [-0.2, 0) is 14.3 Å². The Hall–Kier alpha value is -0.860. The summed E-state index contributed by atoms with van der Waals surface area (Å²) in [6, 6.07) is 0. The number of ether oxygens (including phenoxy) is 1. The van der Waals surface area contributed by atoms with Crippen molar-refractivity contribution in [2.24, 2.45) is 5.92 Å². The van der Waals surface area contributed by atoms with Gasteiger partial charge in [-0.3, -0.25) is 4.79 Å². The summed E-state index contributed by atoms with van der Waals surface area (Å²) in [4.78, 5) is 20.4. The van der Waals surface area contributed by atoms with Crippen molar-refractivity contribution in [1.82, 2.24) is 0 Å². The van der Waals surface area contributed by atoms with Gasteiger partial charge in [0.15, 0.2) is 0 Å². The minimum Gasteiger partial charge on any atom is -0.465 e. The van der Waals surface area contributed by atoms with Gasteiger partial charge in [-0.1, -0.05) is 13.8 Å². The molecule has 0 spiro atoms. The van der Waals surface area contributed by atoms with Gasteiger partial charge in [-0.05, 0) is 0 Å². The van der Waals surface area contributed by atoms with E-state index in [1.165, 1.54) is 0 Å². The van der Waals surface area contributed by atoms with E-state index in [0.717, 1.165) is 6.29 Å². The van der Waals surface area contributed by atoms with Crippen molar-refractivity contribution in [3.05, 3.63) is 0 Å². The second-order valence-corrected chi connectivity index (χ2v) is 2.28. The van der Waals surface area contributed by atoms with Crippen molar-refractivity contribution in [1.29, 1.82) is 0 Å². The van der Waals surface area contributed by atoms with Gasteiger partial charge in [0.05, 0.1) is 12.5 Å². The topological polar surface area (TPSA) is 43.4 Å². The molecule has 0 fully saturated rings. The molecule has 0 unspecified atom stereocenters. The lowest BCUT2D eigenvalue weighted by molar-refractivity contribution is -0.147. The number of esters is 1. The fraction of sp³-hybridized carbons (Fsp3) is 0.714. The summed E-state index contributed by atoms with van der Waals surface area (Å²) in [5.74, 6) is -0.353. The van der Waals surface area contributed by atoms with E-state index in [2.05, 4.69) is 4.74 Å². The summed E-state index contributed by atoms with van der Waals surface area (Å²) in [5.41, 5.74) is 0. The smallest absolute Gasteiger partial charge is 0.308 e. The van der Waals surface area contributed by atoms with Crippen LogP contribution in [-0.4, -0.2) is 18.9 Å². The fourth-order valence-corrected chi connectivity index (χ4v) is 0.374. The van der Waals surface area contributed by atoms with Crippen LogP contribution in [0.4, 0.5) is 0 Å². The molecule has 0 aromatic carbocycles. The third-order valence-electron chi connectivity index (χ3n) is 0.951. The van der Waals surface area contributed by atoms with Crippen LogP contribution in [0, 0.1) is 5.92 Å². The summed E-state index contributed by atoms with van der Waals surface area (Å²) < 4.78 is 4.67. The van der Waals surface area contributed by atoms with Gasteiger partial charge in [0.2, 0.25) is 0 Å². The molecule has 3 nitrogen and oxygen atoms in total. The highest BCUT2D eigenvalue weighted by molar-refractivity contribution is 5.71. The van der Waals surface area contributed by atoms with Crippen molar-refractivity contribution < 1.29 is 14.3 Å². The average Bonchev–Trinajstić information content (AvgIpc) is 1.88. The van der Waals surface area contributed by atoms with Crippen LogP contribution in [0.3, 0.4) is 0 Å². The first-order valence-corrected chi connectivity index (χ1v) is 3.28. The first-order chi connectivity index (χ1) is 4.68. The molecule has 0 atom stereocenters. The molecular weight excluding hydrogens is 132 g/mol. The van der Waals surface area contributed by atoms with E-state index in [4.69, 9.17) is 0 Å². The van der Waals surface area contributed by atoms with Crippen LogP contribution in [0.5, 0.6) is 0 Å². The second kappa shape index (κ2) is 4.97. The standard InChI is InChI=1S/C7H12O3/c1-6(2)7(9)10-5-3-4-8/h4,6H,3,5H2,1-2H3. The zero-order valence-corrected chi connectivity index (χ0v) is 6.29. The molecule has 0 aliphatic heterocycles. The number of hydrogen-bond acceptors (Lipinski definition) is 3. The molecule has 0 saturated heterocycles. The quantitative estimate of drug-likeness (QED) is 0.332. The Bertz CT molecular complexity index is 118. The Balaban J connectivity index is 3.30. The fourth-order valence-electron chi connectivity index (χ4n) is 0.374. The molecular formula is C7H12O3. The van der Waals surface area contributed by atoms with E-state index < -0.39 is 0 Å². The van der Waals surface area contributed by atoms with Crippen molar-refractivity contribution in [2.75, 3.05) is 6.61 Å². The highest BCUT2D eigenvalue weighted by Gasteiger charge is 2.06.